The van der Waals surface area contributed by atoms with Gasteiger partial charge in [-0.1, -0.05) is 6.07 Å². The van der Waals surface area contributed by atoms with Gasteiger partial charge in [-0.15, -0.1) is 0 Å². The second-order valence-electron chi connectivity index (χ2n) is 5.30. The molecular weight excluding hydrogens is 316 g/mol. The molecule has 0 spiro atoms. The first kappa shape index (κ1) is 17.7. The van der Waals surface area contributed by atoms with E-state index in [1.54, 1.807) is 18.2 Å². The van der Waals surface area contributed by atoms with Gasteiger partial charge in [0.15, 0.2) is 6.79 Å². The number of primary amides is 1. The minimum atomic E-state index is -0.890. The summed E-state index contributed by atoms with van der Waals surface area (Å²) in [6, 6.07) is 4.19. The normalized spacial score (nSPS) is 14.2. The van der Waals surface area contributed by atoms with Gasteiger partial charge in [0.05, 0.1) is 13.7 Å². The number of nitrogens with two attached hydrogens (primary N) is 1. The first-order chi connectivity index (χ1) is 11.5. The fourth-order valence-electron chi connectivity index (χ4n) is 2.64. The maximum Gasteiger partial charge on any atom is 0.305 e. The van der Waals surface area contributed by atoms with Crippen LogP contribution in [-0.4, -0.2) is 49.7 Å². The molecule has 0 unspecified atom stereocenters. The quantitative estimate of drug-likeness (QED) is 0.545. The Kier molecular flexibility index (Phi) is 5.75. The molecule has 2 N–H and O–H groups in total. The number of benzene rings is 1. The van der Waals surface area contributed by atoms with E-state index >= 15 is 0 Å². The average molecular weight is 336 g/mol. The van der Waals surface area contributed by atoms with Crippen LogP contribution in [0.25, 0.3) is 0 Å². The summed E-state index contributed by atoms with van der Waals surface area (Å²) in [4.78, 5) is 37.0. The smallest absolute Gasteiger partial charge is 0.305 e. The van der Waals surface area contributed by atoms with Crippen molar-refractivity contribution < 1.29 is 28.6 Å². The topological polar surface area (TPSA) is 108 Å². The molecule has 1 aromatic carbocycles. The van der Waals surface area contributed by atoms with E-state index in [-0.39, 0.29) is 32.1 Å². The molecule has 1 aromatic rings. The van der Waals surface area contributed by atoms with Crippen LogP contribution in [0.1, 0.15) is 28.8 Å². The maximum absolute atomic E-state index is 12.6. The van der Waals surface area contributed by atoms with Gasteiger partial charge in [-0.25, -0.2) is 0 Å². The molecule has 0 saturated heterocycles. The van der Waals surface area contributed by atoms with Crippen molar-refractivity contribution >= 4 is 17.8 Å². The summed E-state index contributed by atoms with van der Waals surface area (Å²) in [5.41, 5.74) is 6.55. The molecule has 8 heteroatoms. The Bertz CT molecular complexity index is 645. The van der Waals surface area contributed by atoms with Crippen molar-refractivity contribution in [2.75, 3.05) is 21.0 Å². The van der Waals surface area contributed by atoms with Crippen molar-refractivity contribution in [2.24, 2.45) is 5.73 Å². The van der Waals surface area contributed by atoms with Crippen molar-refractivity contribution in [2.45, 2.75) is 25.4 Å². The Balaban J connectivity index is 2.21. The van der Waals surface area contributed by atoms with Gasteiger partial charge in [0.1, 0.15) is 11.8 Å². The minimum absolute atomic E-state index is 0.00271. The van der Waals surface area contributed by atoms with E-state index in [2.05, 4.69) is 4.74 Å². The molecule has 0 saturated carbocycles. The lowest BCUT2D eigenvalue weighted by molar-refractivity contribution is -0.141. The molecule has 1 atom stereocenters. The Morgan fingerprint density at radius 1 is 1.33 bits per heavy atom. The van der Waals surface area contributed by atoms with Gasteiger partial charge >= 0.3 is 5.97 Å². The second-order valence-corrected chi connectivity index (χ2v) is 5.30. The summed E-state index contributed by atoms with van der Waals surface area (Å²) in [7, 11) is 2.76. The number of hydrogen-bond acceptors (Lipinski definition) is 6. The molecule has 130 valence electrons. The van der Waals surface area contributed by atoms with Crippen molar-refractivity contribution in [3.8, 4) is 5.75 Å². The predicted molar refractivity (Wildman–Crippen MR) is 83.1 cm³/mol. The minimum Gasteiger partial charge on any atom is -0.469 e. The molecule has 8 nitrogen and oxygen atoms in total. The Morgan fingerprint density at radius 2 is 2.08 bits per heavy atom. The Morgan fingerprint density at radius 3 is 2.71 bits per heavy atom. The summed E-state index contributed by atoms with van der Waals surface area (Å²) >= 11 is 0. The third-order valence-corrected chi connectivity index (χ3v) is 3.84. The van der Waals surface area contributed by atoms with Gasteiger partial charge in [0, 0.05) is 24.7 Å². The third-order valence-electron chi connectivity index (χ3n) is 3.84. The van der Waals surface area contributed by atoms with Crippen LogP contribution < -0.4 is 10.5 Å². The van der Waals surface area contributed by atoms with Crippen LogP contribution in [0, 0.1) is 0 Å². The fourth-order valence-corrected chi connectivity index (χ4v) is 2.64. The molecule has 0 fully saturated rings. The van der Waals surface area contributed by atoms with Crippen LogP contribution in [0.15, 0.2) is 18.2 Å². The lowest BCUT2D eigenvalue weighted by atomic mass is 10.1. The van der Waals surface area contributed by atoms with Gasteiger partial charge in [0.2, 0.25) is 5.91 Å². The highest BCUT2D eigenvalue weighted by Crippen LogP contribution is 2.32. The number of esters is 1. The number of carbonyl (C=O) groups excluding carboxylic acids is 3. The highest BCUT2D eigenvalue weighted by Gasteiger charge is 2.37. The lowest BCUT2D eigenvalue weighted by Crippen LogP contribution is -2.45. The number of amides is 2. The fraction of sp³-hybridized carbons (Fsp3) is 0.438. The molecule has 1 heterocycles. The molecule has 1 aliphatic heterocycles. The van der Waals surface area contributed by atoms with Crippen LogP contribution in [0.4, 0.5) is 0 Å². The van der Waals surface area contributed by atoms with E-state index in [0.717, 1.165) is 0 Å². The molecule has 2 rings (SSSR count). The van der Waals surface area contributed by atoms with Crippen molar-refractivity contribution in [1.29, 1.82) is 0 Å². The summed E-state index contributed by atoms with van der Waals surface area (Å²) in [6.07, 6.45) is 0.104. The maximum atomic E-state index is 12.6. The molecule has 24 heavy (non-hydrogen) atoms. The van der Waals surface area contributed by atoms with Crippen molar-refractivity contribution in [3.05, 3.63) is 29.3 Å². The van der Waals surface area contributed by atoms with E-state index in [1.165, 1.54) is 19.1 Å². The van der Waals surface area contributed by atoms with Crippen LogP contribution in [0.3, 0.4) is 0 Å². The summed E-state index contributed by atoms with van der Waals surface area (Å²) in [5.74, 6) is -0.933. The number of ether oxygens (including phenoxy) is 3. The highest BCUT2D eigenvalue weighted by molar-refractivity contribution is 6.01. The monoisotopic (exact) mass is 336 g/mol. The van der Waals surface area contributed by atoms with Crippen LogP contribution in [0.5, 0.6) is 5.75 Å². The van der Waals surface area contributed by atoms with Crippen LogP contribution in [0.2, 0.25) is 0 Å². The van der Waals surface area contributed by atoms with Crippen molar-refractivity contribution in [1.82, 2.24) is 4.90 Å². The summed E-state index contributed by atoms with van der Waals surface area (Å²) in [6.45, 7) is 0.231. The van der Waals surface area contributed by atoms with Gasteiger partial charge in [-0.05, 0) is 18.6 Å². The molecule has 0 bridgehead atoms. The average Bonchev–Trinajstić information content (AvgIpc) is 2.90. The zero-order valence-electron chi connectivity index (χ0n) is 13.6. The zero-order valence-corrected chi connectivity index (χ0v) is 13.6. The molecule has 2 amide bonds. The van der Waals surface area contributed by atoms with Gasteiger partial charge in [-0.3, -0.25) is 14.4 Å². The molecule has 0 aliphatic carbocycles. The van der Waals surface area contributed by atoms with E-state index in [1.807, 2.05) is 0 Å². The predicted octanol–water partition coefficient (Wildman–Crippen LogP) is 0.432. The number of rotatable bonds is 8. The molecule has 0 aromatic heterocycles. The molecule has 0 radical (unpaired) electrons. The number of fused-ring (bicyclic) bond motifs is 1. The van der Waals surface area contributed by atoms with E-state index in [9.17, 15) is 14.4 Å². The Labute approximate surface area is 139 Å². The third kappa shape index (κ3) is 3.65. The van der Waals surface area contributed by atoms with E-state index < -0.39 is 17.9 Å². The van der Waals surface area contributed by atoms with Gasteiger partial charge in [-0.2, -0.15) is 0 Å². The number of methoxy groups -OCH3 is 2. The number of hydrogen-bond donors (Lipinski definition) is 1. The van der Waals surface area contributed by atoms with Crippen molar-refractivity contribution in [3.63, 3.8) is 0 Å². The molecule has 1 aliphatic rings. The van der Waals surface area contributed by atoms with E-state index in [4.69, 9.17) is 15.2 Å². The first-order valence-electron chi connectivity index (χ1n) is 7.40. The summed E-state index contributed by atoms with van der Waals surface area (Å²) in [5, 5.41) is 0. The van der Waals surface area contributed by atoms with Crippen LogP contribution >= 0.6 is 0 Å². The van der Waals surface area contributed by atoms with Gasteiger partial charge in [0.25, 0.3) is 5.91 Å². The second kappa shape index (κ2) is 7.78. The number of nitrogens with zero attached hydrogens (tertiary/aromatic N) is 1. The zero-order chi connectivity index (χ0) is 17.7. The first-order valence-corrected chi connectivity index (χ1v) is 7.40. The standard InChI is InChI=1S/C16H20N2O6/c1-22-9-24-13-5-3-4-10-11(13)8-18(16(10)21)12(15(17)20)6-7-14(19)23-2/h3-5,12H,6-9H2,1-2H3,(H2,17,20)/t12-/m0/s1. The largest absolute Gasteiger partial charge is 0.469 e. The highest BCUT2D eigenvalue weighted by atomic mass is 16.7. The lowest BCUT2D eigenvalue weighted by Gasteiger charge is -2.24. The number of carbonyl (C=O) groups is 3. The van der Waals surface area contributed by atoms with E-state index in [0.29, 0.717) is 16.9 Å². The van der Waals surface area contributed by atoms with Crippen LogP contribution in [-0.2, 0) is 25.6 Å². The Hall–Kier alpha value is -2.61. The molecular formula is C16H20N2O6. The van der Waals surface area contributed by atoms with Gasteiger partial charge < -0.3 is 24.8 Å². The summed E-state index contributed by atoms with van der Waals surface area (Å²) < 4.78 is 14.9. The SMILES string of the molecule is COCOc1cccc2c1CN([C@@H](CCC(=O)OC)C(N)=O)C2=O.